The van der Waals surface area contributed by atoms with Crippen LogP contribution in [-0.4, -0.2) is 17.3 Å². The van der Waals surface area contributed by atoms with Crippen molar-refractivity contribution in [1.82, 2.24) is 10.2 Å². The maximum absolute atomic E-state index is 12.1. The Morgan fingerprint density at radius 3 is 2.68 bits per heavy atom. The molecule has 1 heterocycles. The van der Waals surface area contributed by atoms with Gasteiger partial charge in [0, 0.05) is 17.1 Å². The van der Waals surface area contributed by atoms with E-state index >= 15 is 0 Å². The summed E-state index contributed by atoms with van der Waals surface area (Å²) in [5, 5.41) is 14.2. The summed E-state index contributed by atoms with van der Waals surface area (Å²) in [6.45, 7) is 3.88. The van der Waals surface area contributed by atoms with Gasteiger partial charge < -0.3 is 15.4 Å². The zero-order valence-corrected chi connectivity index (χ0v) is 15.8. The lowest BCUT2D eigenvalue weighted by atomic mass is 10.1. The average molecular weight is 376 g/mol. The van der Waals surface area contributed by atoms with E-state index in [1.165, 1.54) is 0 Å². The quantitative estimate of drug-likeness (QED) is 0.447. The molecular weight excluding hydrogens is 356 g/mol. The summed E-state index contributed by atoms with van der Waals surface area (Å²) in [4.78, 5) is 24.3. The SMILES string of the molecule is COc1cccc([C@@H](C)Nc2c(Nc3cc(C)c4[nH]ncc4c3)c(=O)c2=O)c1. The molecule has 4 rings (SSSR count). The number of fused-ring (bicyclic) bond motifs is 1. The highest BCUT2D eigenvalue weighted by Gasteiger charge is 2.23. The van der Waals surface area contributed by atoms with Crippen LogP contribution in [0.3, 0.4) is 0 Å². The molecule has 0 aliphatic rings. The summed E-state index contributed by atoms with van der Waals surface area (Å²) in [6.07, 6.45) is 1.72. The molecule has 0 bridgehead atoms. The first-order chi connectivity index (χ1) is 13.5. The number of aryl methyl sites for hydroxylation is 1. The third-order valence-electron chi connectivity index (χ3n) is 4.88. The lowest BCUT2D eigenvalue weighted by molar-refractivity contribution is 0.414. The van der Waals surface area contributed by atoms with Crippen molar-refractivity contribution in [3.63, 3.8) is 0 Å². The van der Waals surface area contributed by atoms with Gasteiger partial charge in [-0.05, 0) is 49.2 Å². The number of anilines is 3. The Morgan fingerprint density at radius 1 is 1.11 bits per heavy atom. The molecule has 0 aliphatic carbocycles. The topological polar surface area (TPSA) is 96.1 Å². The number of nitrogens with one attached hydrogen (secondary N) is 3. The van der Waals surface area contributed by atoms with Crippen LogP contribution >= 0.6 is 0 Å². The van der Waals surface area contributed by atoms with Gasteiger partial charge in [-0.15, -0.1) is 0 Å². The lowest BCUT2D eigenvalue weighted by Crippen LogP contribution is -2.37. The van der Waals surface area contributed by atoms with E-state index in [0.717, 1.165) is 33.5 Å². The van der Waals surface area contributed by atoms with E-state index < -0.39 is 10.9 Å². The number of benzene rings is 2. The molecule has 7 nitrogen and oxygen atoms in total. The van der Waals surface area contributed by atoms with Crippen molar-refractivity contribution in [2.75, 3.05) is 17.7 Å². The van der Waals surface area contributed by atoms with E-state index in [1.807, 2.05) is 50.2 Å². The molecule has 0 saturated heterocycles. The first kappa shape index (κ1) is 17.8. The minimum absolute atomic E-state index is 0.169. The van der Waals surface area contributed by atoms with Gasteiger partial charge in [-0.3, -0.25) is 14.7 Å². The number of nitrogens with zero attached hydrogens (tertiary/aromatic N) is 1. The summed E-state index contributed by atoms with van der Waals surface area (Å²) >= 11 is 0. The van der Waals surface area contributed by atoms with E-state index in [9.17, 15) is 9.59 Å². The molecule has 1 aromatic heterocycles. The minimum atomic E-state index is -0.523. The molecule has 0 aliphatic heterocycles. The molecule has 0 spiro atoms. The van der Waals surface area contributed by atoms with Crippen molar-refractivity contribution in [2.45, 2.75) is 19.9 Å². The molecular formula is C21H20N4O3. The van der Waals surface area contributed by atoms with E-state index in [1.54, 1.807) is 13.3 Å². The molecule has 4 aromatic rings. The Bertz CT molecular complexity index is 1230. The highest BCUT2D eigenvalue weighted by Crippen LogP contribution is 2.28. The smallest absolute Gasteiger partial charge is 0.253 e. The van der Waals surface area contributed by atoms with E-state index in [0.29, 0.717) is 5.69 Å². The van der Waals surface area contributed by atoms with Gasteiger partial charge in [0.2, 0.25) is 0 Å². The number of rotatable bonds is 6. The lowest BCUT2D eigenvalue weighted by Gasteiger charge is -2.20. The zero-order chi connectivity index (χ0) is 19.8. The fourth-order valence-electron chi connectivity index (χ4n) is 3.31. The van der Waals surface area contributed by atoms with Gasteiger partial charge >= 0.3 is 0 Å². The van der Waals surface area contributed by atoms with Crippen molar-refractivity contribution in [3.8, 4) is 5.75 Å². The Balaban J connectivity index is 1.60. The first-order valence-corrected chi connectivity index (χ1v) is 8.92. The second-order valence-corrected chi connectivity index (χ2v) is 6.80. The van der Waals surface area contributed by atoms with Crippen LogP contribution in [0.2, 0.25) is 0 Å². The summed E-state index contributed by atoms with van der Waals surface area (Å²) in [5.74, 6) is 0.735. The van der Waals surface area contributed by atoms with Crippen molar-refractivity contribution in [2.24, 2.45) is 0 Å². The van der Waals surface area contributed by atoms with Gasteiger partial charge in [-0.1, -0.05) is 12.1 Å². The van der Waals surface area contributed by atoms with Crippen LogP contribution in [0.5, 0.6) is 5.75 Å². The fourth-order valence-corrected chi connectivity index (χ4v) is 3.31. The molecule has 0 unspecified atom stereocenters. The van der Waals surface area contributed by atoms with Gasteiger partial charge in [-0.2, -0.15) is 5.10 Å². The van der Waals surface area contributed by atoms with Crippen molar-refractivity contribution >= 4 is 28.0 Å². The molecule has 3 N–H and O–H groups in total. The largest absolute Gasteiger partial charge is 0.497 e. The number of hydrogen-bond acceptors (Lipinski definition) is 6. The maximum Gasteiger partial charge on any atom is 0.253 e. The molecule has 3 aromatic carbocycles. The molecule has 0 radical (unpaired) electrons. The fraction of sp³-hybridized carbons (Fsp3) is 0.190. The summed E-state index contributed by atoms with van der Waals surface area (Å²) < 4.78 is 5.25. The third-order valence-corrected chi connectivity index (χ3v) is 4.88. The molecule has 0 amide bonds. The first-order valence-electron chi connectivity index (χ1n) is 8.92. The Hall–Kier alpha value is -3.61. The monoisotopic (exact) mass is 376 g/mol. The zero-order valence-electron chi connectivity index (χ0n) is 15.8. The van der Waals surface area contributed by atoms with Gasteiger partial charge in [0.25, 0.3) is 10.9 Å². The van der Waals surface area contributed by atoms with Gasteiger partial charge in [0.05, 0.1) is 18.8 Å². The number of ether oxygens (including phenoxy) is 1. The van der Waals surface area contributed by atoms with Crippen molar-refractivity contribution < 1.29 is 4.74 Å². The second kappa shape index (κ2) is 6.84. The standard InChI is InChI=1S/C21H20N4O3/c1-11-7-15(8-14-10-22-25-17(11)14)24-19-18(20(26)21(19)27)23-12(2)13-5-4-6-16(9-13)28-3/h4-10,12,23-24H,1-3H3,(H,22,25)/t12-/m1/s1. The Kier molecular flexibility index (Phi) is 4.35. The van der Waals surface area contributed by atoms with Gasteiger partial charge in [-0.25, -0.2) is 0 Å². The normalized spacial score (nSPS) is 12.2. The molecule has 7 heteroatoms. The maximum atomic E-state index is 12.1. The highest BCUT2D eigenvalue weighted by atomic mass is 16.5. The Labute approximate surface area is 161 Å². The summed E-state index contributed by atoms with van der Waals surface area (Å²) in [5.41, 5.74) is 3.16. The summed E-state index contributed by atoms with van der Waals surface area (Å²) in [6, 6.07) is 11.2. The average Bonchev–Trinajstić information content (AvgIpc) is 3.19. The summed E-state index contributed by atoms with van der Waals surface area (Å²) in [7, 11) is 1.61. The van der Waals surface area contributed by atoms with E-state index in [-0.39, 0.29) is 11.7 Å². The highest BCUT2D eigenvalue weighted by molar-refractivity contribution is 5.88. The van der Waals surface area contributed by atoms with Crippen LogP contribution in [0.4, 0.5) is 17.1 Å². The van der Waals surface area contributed by atoms with Crippen molar-refractivity contribution in [1.29, 1.82) is 0 Å². The second-order valence-electron chi connectivity index (χ2n) is 6.80. The van der Waals surface area contributed by atoms with Crippen molar-refractivity contribution in [3.05, 3.63) is 74.2 Å². The molecule has 0 saturated carbocycles. The van der Waals surface area contributed by atoms with Gasteiger partial charge in [0.15, 0.2) is 0 Å². The molecule has 0 fully saturated rings. The predicted octanol–water partition coefficient (Wildman–Crippen LogP) is 3.39. The van der Waals surface area contributed by atoms with Crippen LogP contribution in [0, 0.1) is 6.92 Å². The predicted molar refractivity (Wildman–Crippen MR) is 110 cm³/mol. The van der Waals surface area contributed by atoms with Crippen LogP contribution < -0.4 is 26.2 Å². The number of aromatic amines is 1. The number of hydrogen-bond donors (Lipinski definition) is 3. The molecule has 1 atom stereocenters. The molecule has 28 heavy (non-hydrogen) atoms. The number of methoxy groups -OCH3 is 1. The number of H-pyrrole nitrogens is 1. The van der Waals surface area contributed by atoms with Crippen LogP contribution in [0.1, 0.15) is 24.1 Å². The van der Waals surface area contributed by atoms with Crippen LogP contribution in [0.25, 0.3) is 10.9 Å². The number of aromatic nitrogens is 2. The third kappa shape index (κ3) is 3.00. The Morgan fingerprint density at radius 2 is 1.89 bits per heavy atom. The van der Waals surface area contributed by atoms with E-state index in [2.05, 4.69) is 20.8 Å². The van der Waals surface area contributed by atoms with E-state index in [4.69, 9.17) is 4.74 Å². The van der Waals surface area contributed by atoms with Crippen LogP contribution in [-0.2, 0) is 0 Å². The van der Waals surface area contributed by atoms with Gasteiger partial charge in [0.1, 0.15) is 17.1 Å². The molecule has 142 valence electrons. The minimum Gasteiger partial charge on any atom is -0.497 e. The van der Waals surface area contributed by atoms with Crippen LogP contribution in [0.15, 0.2) is 52.2 Å².